The summed E-state index contributed by atoms with van der Waals surface area (Å²) in [6.07, 6.45) is 1.76. The minimum Gasteiger partial charge on any atom is -0.480 e. The average Bonchev–Trinajstić information content (AvgIpc) is 3.19. The van der Waals surface area contributed by atoms with Gasteiger partial charge in [-0.25, -0.2) is 4.79 Å². The van der Waals surface area contributed by atoms with Crippen molar-refractivity contribution in [2.75, 3.05) is 32.7 Å². The summed E-state index contributed by atoms with van der Waals surface area (Å²) in [5.41, 5.74) is 0. The van der Waals surface area contributed by atoms with Crippen molar-refractivity contribution < 1.29 is 19.5 Å². The summed E-state index contributed by atoms with van der Waals surface area (Å²) < 4.78 is 0. The van der Waals surface area contributed by atoms with Gasteiger partial charge in [-0.2, -0.15) is 0 Å². The van der Waals surface area contributed by atoms with Gasteiger partial charge in [-0.15, -0.1) is 0 Å². The summed E-state index contributed by atoms with van der Waals surface area (Å²) in [7, 11) is 0. The van der Waals surface area contributed by atoms with E-state index in [0.29, 0.717) is 26.2 Å². The monoisotopic (exact) mass is 269 g/mol. The van der Waals surface area contributed by atoms with Crippen LogP contribution in [0.1, 0.15) is 19.8 Å². The first kappa shape index (κ1) is 13.6. The van der Waals surface area contributed by atoms with E-state index in [1.807, 2.05) is 0 Å². The molecule has 3 amide bonds. The van der Waals surface area contributed by atoms with Crippen LogP contribution in [0.2, 0.25) is 0 Å². The zero-order valence-corrected chi connectivity index (χ0v) is 11.0. The minimum atomic E-state index is -0.984. The van der Waals surface area contributed by atoms with E-state index in [2.05, 4.69) is 0 Å². The lowest BCUT2D eigenvalue weighted by Gasteiger charge is -2.37. The maximum Gasteiger partial charge on any atom is 0.323 e. The fourth-order valence-electron chi connectivity index (χ4n) is 2.28. The molecule has 2 fully saturated rings. The Balaban J connectivity index is 1.91. The molecule has 2 aliphatic rings. The van der Waals surface area contributed by atoms with Gasteiger partial charge in [-0.3, -0.25) is 9.59 Å². The summed E-state index contributed by atoms with van der Waals surface area (Å²) in [5.74, 6) is -0.973. The van der Waals surface area contributed by atoms with Crippen molar-refractivity contribution in [1.82, 2.24) is 14.7 Å². The molecular weight excluding hydrogens is 250 g/mol. The van der Waals surface area contributed by atoms with Crippen LogP contribution in [-0.2, 0) is 9.59 Å². The number of carboxylic acid groups (broad SMARTS) is 1. The van der Waals surface area contributed by atoms with Crippen molar-refractivity contribution >= 4 is 17.9 Å². The van der Waals surface area contributed by atoms with E-state index < -0.39 is 5.97 Å². The molecule has 1 aliphatic heterocycles. The third kappa shape index (κ3) is 3.36. The van der Waals surface area contributed by atoms with Crippen molar-refractivity contribution in [3.63, 3.8) is 0 Å². The van der Waals surface area contributed by atoms with Gasteiger partial charge in [0, 0.05) is 39.1 Å². The van der Waals surface area contributed by atoms with E-state index in [-0.39, 0.29) is 24.5 Å². The summed E-state index contributed by atoms with van der Waals surface area (Å²) in [6.45, 7) is 3.26. The Morgan fingerprint density at radius 3 is 2.05 bits per heavy atom. The fourth-order valence-corrected chi connectivity index (χ4v) is 2.28. The van der Waals surface area contributed by atoms with Gasteiger partial charge in [0.05, 0.1) is 0 Å². The molecule has 0 atom stereocenters. The molecule has 1 N–H and O–H groups in total. The van der Waals surface area contributed by atoms with Crippen LogP contribution >= 0.6 is 0 Å². The number of carbonyl (C=O) groups is 3. The Labute approximate surface area is 111 Å². The number of amides is 3. The standard InChI is InChI=1S/C12H19N3O4/c1-9(16)13-4-6-14(7-5-13)12(19)15(8-11(17)18)10-2-3-10/h10H,2-8H2,1H3,(H,17,18). The Morgan fingerprint density at radius 2 is 1.63 bits per heavy atom. The number of rotatable bonds is 3. The highest BCUT2D eigenvalue weighted by Gasteiger charge is 2.36. The maximum atomic E-state index is 12.3. The molecule has 0 aromatic carbocycles. The molecule has 1 aliphatic carbocycles. The highest BCUT2D eigenvalue weighted by Crippen LogP contribution is 2.27. The third-order valence-corrected chi connectivity index (χ3v) is 3.53. The summed E-state index contributed by atoms with van der Waals surface area (Å²) in [4.78, 5) is 39.1. The molecule has 7 nitrogen and oxygen atoms in total. The topological polar surface area (TPSA) is 81.2 Å². The quantitative estimate of drug-likeness (QED) is 0.770. The van der Waals surface area contributed by atoms with E-state index in [9.17, 15) is 14.4 Å². The molecule has 0 bridgehead atoms. The van der Waals surface area contributed by atoms with Crippen molar-refractivity contribution in [1.29, 1.82) is 0 Å². The van der Waals surface area contributed by atoms with Crippen LogP contribution < -0.4 is 0 Å². The number of hydrogen-bond acceptors (Lipinski definition) is 3. The highest BCUT2D eigenvalue weighted by atomic mass is 16.4. The van der Waals surface area contributed by atoms with E-state index in [4.69, 9.17) is 5.11 Å². The van der Waals surface area contributed by atoms with Gasteiger partial charge >= 0.3 is 12.0 Å². The molecule has 0 unspecified atom stereocenters. The molecule has 19 heavy (non-hydrogen) atoms. The Kier molecular flexibility index (Phi) is 3.92. The zero-order chi connectivity index (χ0) is 14.0. The number of carboxylic acids is 1. The minimum absolute atomic E-state index is 0.0108. The van der Waals surface area contributed by atoms with Gasteiger partial charge in [0.25, 0.3) is 0 Å². The van der Waals surface area contributed by atoms with Crippen molar-refractivity contribution in [3.8, 4) is 0 Å². The van der Waals surface area contributed by atoms with E-state index in [1.165, 1.54) is 11.8 Å². The number of carbonyl (C=O) groups excluding carboxylic acids is 2. The molecule has 7 heteroatoms. The van der Waals surface area contributed by atoms with E-state index in [1.54, 1.807) is 9.80 Å². The van der Waals surface area contributed by atoms with Crippen LogP contribution in [0.3, 0.4) is 0 Å². The van der Waals surface area contributed by atoms with Gasteiger partial charge in [-0.05, 0) is 12.8 Å². The smallest absolute Gasteiger partial charge is 0.323 e. The molecule has 0 aromatic heterocycles. The normalized spacial score (nSPS) is 19.2. The van der Waals surface area contributed by atoms with Gasteiger partial charge in [-0.1, -0.05) is 0 Å². The number of nitrogens with zero attached hydrogens (tertiary/aromatic N) is 3. The Morgan fingerprint density at radius 1 is 1.11 bits per heavy atom. The second kappa shape index (κ2) is 5.46. The molecule has 0 spiro atoms. The van der Waals surface area contributed by atoms with Crippen molar-refractivity contribution in [2.45, 2.75) is 25.8 Å². The predicted octanol–water partition coefficient (Wildman–Crippen LogP) is -0.180. The highest BCUT2D eigenvalue weighted by molar-refractivity contribution is 5.81. The first-order chi connectivity index (χ1) is 8.99. The van der Waals surface area contributed by atoms with Crippen LogP contribution in [0, 0.1) is 0 Å². The Bertz CT molecular complexity index is 386. The molecule has 0 radical (unpaired) electrons. The average molecular weight is 269 g/mol. The van der Waals surface area contributed by atoms with Crippen LogP contribution in [-0.4, -0.2) is 76.5 Å². The third-order valence-electron chi connectivity index (χ3n) is 3.53. The lowest BCUT2D eigenvalue weighted by atomic mass is 10.3. The number of hydrogen-bond donors (Lipinski definition) is 1. The van der Waals surface area contributed by atoms with Gasteiger partial charge in [0.1, 0.15) is 6.54 Å². The summed E-state index contributed by atoms with van der Waals surface area (Å²) in [5, 5.41) is 8.86. The second-order valence-electron chi connectivity index (χ2n) is 5.03. The first-order valence-electron chi connectivity index (χ1n) is 6.52. The zero-order valence-electron chi connectivity index (χ0n) is 11.0. The Hall–Kier alpha value is -1.79. The largest absolute Gasteiger partial charge is 0.480 e. The van der Waals surface area contributed by atoms with E-state index >= 15 is 0 Å². The maximum absolute atomic E-state index is 12.3. The number of piperazine rings is 1. The van der Waals surface area contributed by atoms with Crippen molar-refractivity contribution in [2.24, 2.45) is 0 Å². The van der Waals surface area contributed by atoms with Crippen LogP contribution in [0.4, 0.5) is 4.79 Å². The first-order valence-corrected chi connectivity index (χ1v) is 6.52. The summed E-state index contributed by atoms with van der Waals surface area (Å²) >= 11 is 0. The van der Waals surface area contributed by atoms with Crippen LogP contribution in [0.15, 0.2) is 0 Å². The predicted molar refractivity (Wildman–Crippen MR) is 66.6 cm³/mol. The van der Waals surface area contributed by atoms with Gasteiger partial charge < -0.3 is 19.8 Å². The fraction of sp³-hybridized carbons (Fsp3) is 0.750. The van der Waals surface area contributed by atoms with Gasteiger partial charge in [0.2, 0.25) is 5.91 Å². The molecule has 1 heterocycles. The molecule has 106 valence electrons. The van der Waals surface area contributed by atoms with Crippen LogP contribution in [0.5, 0.6) is 0 Å². The molecule has 0 aromatic rings. The van der Waals surface area contributed by atoms with Crippen LogP contribution in [0.25, 0.3) is 0 Å². The SMILES string of the molecule is CC(=O)N1CCN(C(=O)N(CC(=O)O)C2CC2)CC1. The lowest BCUT2D eigenvalue weighted by molar-refractivity contribution is -0.137. The number of aliphatic carboxylic acids is 1. The lowest BCUT2D eigenvalue weighted by Crippen LogP contribution is -2.54. The van der Waals surface area contributed by atoms with Crippen molar-refractivity contribution in [3.05, 3.63) is 0 Å². The second-order valence-corrected chi connectivity index (χ2v) is 5.03. The summed E-state index contributed by atoms with van der Waals surface area (Å²) in [6, 6.07) is -0.137. The molecular formula is C12H19N3O4. The molecule has 2 rings (SSSR count). The van der Waals surface area contributed by atoms with E-state index in [0.717, 1.165) is 12.8 Å². The number of urea groups is 1. The molecule has 1 saturated heterocycles. The van der Waals surface area contributed by atoms with Gasteiger partial charge in [0.15, 0.2) is 0 Å². The molecule has 1 saturated carbocycles.